The van der Waals surface area contributed by atoms with Crippen molar-refractivity contribution < 1.29 is 9.47 Å². The minimum atomic E-state index is -0.283. The molecular formula is C21H22N2O3S2. The van der Waals surface area contributed by atoms with Gasteiger partial charge in [0.05, 0.1) is 30.4 Å². The van der Waals surface area contributed by atoms with E-state index in [9.17, 15) is 4.79 Å². The maximum absolute atomic E-state index is 13.6. The Hall–Kier alpha value is -2.09. The molecule has 0 amide bonds. The summed E-state index contributed by atoms with van der Waals surface area (Å²) in [4.78, 5) is 20.4. The fourth-order valence-corrected chi connectivity index (χ4v) is 5.25. The van der Waals surface area contributed by atoms with Crippen molar-refractivity contribution in [3.05, 3.63) is 57.7 Å². The lowest BCUT2D eigenvalue weighted by Crippen LogP contribution is -2.32. The molecule has 0 aliphatic carbocycles. The van der Waals surface area contributed by atoms with Crippen molar-refractivity contribution in [2.24, 2.45) is 0 Å². The Bertz CT molecular complexity index is 1100. The molecule has 28 heavy (non-hydrogen) atoms. The number of benzene rings is 1. The van der Waals surface area contributed by atoms with Crippen LogP contribution in [0.5, 0.6) is 5.75 Å². The highest BCUT2D eigenvalue weighted by Gasteiger charge is 2.31. The Morgan fingerprint density at radius 2 is 2.14 bits per heavy atom. The van der Waals surface area contributed by atoms with E-state index in [0.29, 0.717) is 23.9 Å². The number of methoxy groups -OCH3 is 1. The standard InChI is InChI=1S/C21H22N2O3S2/c1-5-10-27-20-22-18-17(15-11-21(2,3)26-12-16(15)28-18)19(24)23(20)13-6-8-14(25-4)9-7-13/h5-9H,1,10-12H2,2-4H3. The van der Waals surface area contributed by atoms with Crippen molar-refractivity contribution >= 4 is 33.3 Å². The molecule has 0 N–H and O–H groups in total. The van der Waals surface area contributed by atoms with Crippen molar-refractivity contribution in [2.75, 3.05) is 12.9 Å². The van der Waals surface area contributed by atoms with Gasteiger partial charge in [-0.05, 0) is 43.7 Å². The number of ether oxygens (including phenoxy) is 2. The van der Waals surface area contributed by atoms with E-state index in [1.165, 1.54) is 11.8 Å². The van der Waals surface area contributed by atoms with Gasteiger partial charge in [-0.25, -0.2) is 4.98 Å². The van der Waals surface area contributed by atoms with E-state index in [1.54, 1.807) is 23.0 Å². The summed E-state index contributed by atoms with van der Waals surface area (Å²) in [6.45, 7) is 8.43. The van der Waals surface area contributed by atoms with Gasteiger partial charge in [0.15, 0.2) is 5.16 Å². The lowest BCUT2D eigenvalue weighted by molar-refractivity contribution is -0.0379. The van der Waals surface area contributed by atoms with Crippen molar-refractivity contribution in [1.82, 2.24) is 9.55 Å². The molecule has 2 aromatic heterocycles. The van der Waals surface area contributed by atoms with Crippen LogP contribution in [0.1, 0.15) is 24.3 Å². The van der Waals surface area contributed by atoms with Crippen LogP contribution in [0, 0.1) is 0 Å². The average Bonchev–Trinajstić information content (AvgIpc) is 3.03. The highest BCUT2D eigenvalue weighted by molar-refractivity contribution is 7.99. The average molecular weight is 415 g/mol. The molecule has 0 radical (unpaired) electrons. The van der Waals surface area contributed by atoms with Crippen LogP contribution in [0.25, 0.3) is 15.9 Å². The summed E-state index contributed by atoms with van der Waals surface area (Å²) >= 11 is 3.07. The quantitative estimate of drug-likeness (QED) is 0.347. The van der Waals surface area contributed by atoms with E-state index in [2.05, 4.69) is 20.4 Å². The van der Waals surface area contributed by atoms with Crippen molar-refractivity contribution in [3.63, 3.8) is 0 Å². The van der Waals surface area contributed by atoms with Crippen molar-refractivity contribution in [1.29, 1.82) is 0 Å². The molecule has 1 aromatic carbocycles. The van der Waals surface area contributed by atoms with Crippen molar-refractivity contribution in [2.45, 2.75) is 37.6 Å². The molecule has 3 heterocycles. The number of rotatable bonds is 5. The minimum Gasteiger partial charge on any atom is -0.497 e. The molecule has 0 saturated heterocycles. The van der Waals surface area contributed by atoms with Crippen LogP contribution in [-0.2, 0) is 17.8 Å². The molecule has 7 heteroatoms. The second-order valence-electron chi connectivity index (χ2n) is 7.24. The summed E-state index contributed by atoms with van der Waals surface area (Å²) in [5.74, 6) is 1.42. The molecule has 146 valence electrons. The molecule has 3 aromatic rings. The number of aromatic nitrogens is 2. The second kappa shape index (κ2) is 7.39. The number of fused-ring (bicyclic) bond motifs is 3. The van der Waals surface area contributed by atoms with Crippen LogP contribution in [0.4, 0.5) is 0 Å². The van der Waals surface area contributed by atoms with E-state index in [1.807, 2.05) is 30.3 Å². The van der Waals surface area contributed by atoms with E-state index in [4.69, 9.17) is 14.5 Å². The fourth-order valence-electron chi connectivity index (χ4n) is 3.36. The van der Waals surface area contributed by atoms with Gasteiger partial charge in [0, 0.05) is 17.1 Å². The first kappa shape index (κ1) is 19.2. The summed E-state index contributed by atoms with van der Waals surface area (Å²) in [5, 5.41) is 1.39. The largest absolute Gasteiger partial charge is 0.497 e. The normalized spacial score (nSPS) is 15.4. The van der Waals surface area contributed by atoms with Gasteiger partial charge in [-0.3, -0.25) is 9.36 Å². The second-order valence-corrected chi connectivity index (χ2v) is 9.31. The molecule has 1 aliphatic rings. The maximum atomic E-state index is 13.6. The predicted octanol–water partition coefficient (Wildman–Crippen LogP) is 4.59. The number of thioether (sulfide) groups is 1. The van der Waals surface area contributed by atoms with Gasteiger partial charge in [0.25, 0.3) is 5.56 Å². The summed E-state index contributed by atoms with van der Waals surface area (Å²) in [6, 6.07) is 7.48. The third kappa shape index (κ3) is 3.38. The molecule has 0 atom stereocenters. The highest BCUT2D eigenvalue weighted by atomic mass is 32.2. The number of nitrogens with zero attached hydrogens (tertiary/aromatic N) is 2. The number of hydrogen-bond donors (Lipinski definition) is 0. The molecule has 0 spiro atoms. The molecule has 4 rings (SSSR count). The van der Waals surface area contributed by atoms with Crippen LogP contribution < -0.4 is 10.3 Å². The first-order valence-electron chi connectivity index (χ1n) is 9.03. The zero-order chi connectivity index (χ0) is 19.9. The van der Waals surface area contributed by atoms with Gasteiger partial charge in [-0.1, -0.05) is 17.8 Å². The highest BCUT2D eigenvalue weighted by Crippen LogP contribution is 2.38. The Kier molecular flexibility index (Phi) is 5.07. The zero-order valence-electron chi connectivity index (χ0n) is 16.2. The summed E-state index contributed by atoms with van der Waals surface area (Å²) < 4.78 is 12.9. The third-order valence-corrected chi connectivity index (χ3v) is 6.77. The number of hydrogen-bond acceptors (Lipinski definition) is 6. The van der Waals surface area contributed by atoms with Gasteiger partial charge in [0.2, 0.25) is 0 Å². The van der Waals surface area contributed by atoms with Crippen LogP contribution in [-0.4, -0.2) is 28.0 Å². The smallest absolute Gasteiger partial charge is 0.267 e. The molecule has 0 saturated carbocycles. The Labute approximate surface area is 172 Å². The van der Waals surface area contributed by atoms with E-state index in [0.717, 1.165) is 32.1 Å². The first-order valence-corrected chi connectivity index (χ1v) is 10.8. The maximum Gasteiger partial charge on any atom is 0.267 e. The molecule has 1 aliphatic heterocycles. The van der Waals surface area contributed by atoms with Crippen molar-refractivity contribution in [3.8, 4) is 11.4 Å². The predicted molar refractivity (Wildman–Crippen MR) is 115 cm³/mol. The Balaban J connectivity index is 1.96. The summed E-state index contributed by atoms with van der Waals surface area (Å²) in [6.07, 6.45) is 2.52. The van der Waals surface area contributed by atoms with Gasteiger partial charge in [-0.2, -0.15) is 0 Å². The Morgan fingerprint density at radius 1 is 1.39 bits per heavy atom. The van der Waals surface area contributed by atoms with Crippen LogP contribution in [0.3, 0.4) is 0 Å². The third-order valence-electron chi connectivity index (χ3n) is 4.73. The fraction of sp³-hybridized carbons (Fsp3) is 0.333. The lowest BCUT2D eigenvalue weighted by atomic mass is 9.94. The van der Waals surface area contributed by atoms with Crippen LogP contribution in [0.15, 0.2) is 46.9 Å². The monoisotopic (exact) mass is 414 g/mol. The molecular weight excluding hydrogens is 392 g/mol. The van der Waals surface area contributed by atoms with Gasteiger partial charge in [-0.15, -0.1) is 17.9 Å². The van der Waals surface area contributed by atoms with Gasteiger partial charge < -0.3 is 9.47 Å². The number of thiophene rings is 1. The van der Waals surface area contributed by atoms with Crippen LogP contribution >= 0.6 is 23.1 Å². The first-order chi connectivity index (χ1) is 13.4. The topological polar surface area (TPSA) is 53.4 Å². The minimum absolute atomic E-state index is 0.0306. The molecule has 5 nitrogen and oxygen atoms in total. The van der Waals surface area contributed by atoms with E-state index < -0.39 is 0 Å². The van der Waals surface area contributed by atoms with Gasteiger partial charge >= 0.3 is 0 Å². The zero-order valence-corrected chi connectivity index (χ0v) is 17.8. The molecule has 0 fully saturated rings. The van der Waals surface area contributed by atoms with Crippen LogP contribution in [0.2, 0.25) is 0 Å². The van der Waals surface area contributed by atoms with Gasteiger partial charge in [0.1, 0.15) is 10.6 Å². The summed E-state index contributed by atoms with van der Waals surface area (Å²) in [7, 11) is 1.63. The van der Waals surface area contributed by atoms with E-state index in [-0.39, 0.29) is 11.2 Å². The summed E-state index contributed by atoms with van der Waals surface area (Å²) in [5.41, 5.74) is 1.54. The lowest BCUT2D eigenvalue weighted by Gasteiger charge is -2.29. The SMILES string of the molecule is C=CCSc1nc2sc3c(c2c(=O)n1-c1ccc(OC)cc1)CC(C)(C)OC3. The Morgan fingerprint density at radius 3 is 2.82 bits per heavy atom. The molecule has 0 unspecified atom stereocenters. The molecule has 0 bridgehead atoms. The van der Waals surface area contributed by atoms with E-state index >= 15 is 0 Å².